The zero-order valence-corrected chi connectivity index (χ0v) is 20.1. The standard InChI is InChI=1S/C23H28Cl2N2O3S/c1-3-17-9-11-18(12-10-17)16(2)26-23(28)19-6-5-13-27(14-19)31(29,30)15-20-21(24)7-4-8-22(20)25/h4,7-12,16,19H,3,5-6,13-15H2,1-2H3,(H,26,28)/t16-,19+/m0/s1. The van der Waals surface area contributed by atoms with Gasteiger partial charge in [0.05, 0.1) is 17.7 Å². The van der Waals surface area contributed by atoms with Crippen molar-refractivity contribution in [2.24, 2.45) is 5.92 Å². The maximum absolute atomic E-state index is 13.0. The van der Waals surface area contributed by atoms with Crippen LogP contribution in [0.5, 0.6) is 0 Å². The summed E-state index contributed by atoms with van der Waals surface area (Å²) in [4.78, 5) is 12.9. The summed E-state index contributed by atoms with van der Waals surface area (Å²) in [5, 5.41) is 3.69. The lowest BCUT2D eigenvalue weighted by atomic mass is 9.97. The van der Waals surface area contributed by atoms with Gasteiger partial charge in [0.15, 0.2) is 0 Å². The monoisotopic (exact) mass is 482 g/mol. The molecular formula is C23H28Cl2N2O3S. The number of benzene rings is 2. The topological polar surface area (TPSA) is 66.5 Å². The van der Waals surface area contributed by atoms with E-state index in [0.29, 0.717) is 35.0 Å². The van der Waals surface area contributed by atoms with E-state index < -0.39 is 10.0 Å². The van der Waals surface area contributed by atoms with Crippen LogP contribution in [0.4, 0.5) is 0 Å². The van der Waals surface area contributed by atoms with E-state index in [9.17, 15) is 13.2 Å². The quantitative estimate of drug-likeness (QED) is 0.605. The molecule has 3 rings (SSSR count). The number of aryl methyl sites for hydroxylation is 1. The normalized spacial score (nSPS) is 18.5. The minimum absolute atomic E-state index is 0.122. The van der Waals surface area contributed by atoms with Crippen molar-refractivity contribution in [2.75, 3.05) is 13.1 Å². The lowest BCUT2D eigenvalue weighted by molar-refractivity contribution is -0.126. The van der Waals surface area contributed by atoms with Crippen LogP contribution >= 0.6 is 23.2 Å². The van der Waals surface area contributed by atoms with E-state index in [2.05, 4.69) is 24.4 Å². The van der Waals surface area contributed by atoms with Crippen molar-refractivity contribution in [1.29, 1.82) is 0 Å². The fourth-order valence-corrected chi connectivity index (χ4v) is 6.17. The number of rotatable bonds is 7. The Morgan fingerprint density at radius 2 is 1.81 bits per heavy atom. The number of carbonyl (C=O) groups is 1. The predicted molar refractivity (Wildman–Crippen MR) is 126 cm³/mol. The maximum Gasteiger partial charge on any atom is 0.224 e. The molecule has 1 N–H and O–H groups in total. The molecular weight excluding hydrogens is 455 g/mol. The Kier molecular flexibility index (Phi) is 8.03. The molecule has 1 aliphatic heterocycles. The average Bonchev–Trinajstić information content (AvgIpc) is 2.76. The van der Waals surface area contributed by atoms with Gasteiger partial charge in [-0.05, 0) is 49.4 Å². The van der Waals surface area contributed by atoms with E-state index in [1.807, 2.05) is 19.1 Å². The highest BCUT2D eigenvalue weighted by atomic mass is 35.5. The van der Waals surface area contributed by atoms with Crippen LogP contribution in [-0.2, 0) is 27.0 Å². The molecule has 0 bridgehead atoms. The highest BCUT2D eigenvalue weighted by Crippen LogP contribution is 2.29. The molecule has 0 saturated carbocycles. The Balaban J connectivity index is 1.65. The first kappa shape index (κ1) is 24.1. The molecule has 2 atom stereocenters. The number of amides is 1. The summed E-state index contributed by atoms with van der Waals surface area (Å²) in [5.41, 5.74) is 2.66. The molecule has 1 fully saturated rings. The first-order valence-corrected chi connectivity index (χ1v) is 12.9. The van der Waals surface area contributed by atoms with Gasteiger partial charge >= 0.3 is 0 Å². The van der Waals surface area contributed by atoms with Gasteiger partial charge in [0, 0.05) is 28.7 Å². The van der Waals surface area contributed by atoms with Crippen LogP contribution in [0.15, 0.2) is 42.5 Å². The third kappa shape index (κ3) is 6.01. The molecule has 0 unspecified atom stereocenters. The first-order valence-electron chi connectivity index (χ1n) is 10.5. The summed E-state index contributed by atoms with van der Waals surface area (Å²) >= 11 is 12.3. The molecule has 2 aromatic rings. The van der Waals surface area contributed by atoms with Gasteiger partial charge in [-0.1, -0.05) is 60.5 Å². The van der Waals surface area contributed by atoms with Crippen molar-refractivity contribution >= 4 is 39.1 Å². The Labute approximate surface area is 194 Å². The number of halogens is 2. The molecule has 0 radical (unpaired) electrons. The molecule has 168 valence electrons. The molecule has 1 amide bonds. The highest BCUT2D eigenvalue weighted by molar-refractivity contribution is 7.88. The molecule has 0 aromatic heterocycles. The molecule has 31 heavy (non-hydrogen) atoms. The van der Waals surface area contributed by atoms with E-state index in [0.717, 1.165) is 12.0 Å². The fourth-order valence-electron chi connectivity index (χ4n) is 3.81. The minimum atomic E-state index is -3.65. The van der Waals surface area contributed by atoms with E-state index in [1.165, 1.54) is 9.87 Å². The average molecular weight is 483 g/mol. The minimum Gasteiger partial charge on any atom is -0.349 e. The highest BCUT2D eigenvalue weighted by Gasteiger charge is 2.33. The Morgan fingerprint density at radius 1 is 1.16 bits per heavy atom. The van der Waals surface area contributed by atoms with Crippen LogP contribution in [-0.4, -0.2) is 31.7 Å². The van der Waals surface area contributed by atoms with Crippen LogP contribution in [0.3, 0.4) is 0 Å². The van der Waals surface area contributed by atoms with E-state index >= 15 is 0 Å². The van der Waals surface area contributed by atoms with Gasteiger partial charge in [-0.15, -0.1) is 0 Å². The molecule has 0 spiro atoms. The van der Waals surface area contributed by atoms with Crippen molar-refractivity contribution in [1.82, 2.24) is 9.62 Å². The number of nitrogens with zero attached hydrogens (tertiary/aromatic N) is 1. The van der Waals surface area contributed by atoms with Crippen LogP contribution < -0.4 is 5.32 Å². The summed E-state index contributed by atoms with van der Waals surface area (Å²) in [6.07, 6.45) is 2.26. The largest absolute Gasteiger partial charge is 0.349 e. The smallest absolute Gasteiger partial charge is 0.224 e. The lowest BCUT2D eigenvalue weighted by Crippen LogP contribution is -2.46. The summed E-state index contributed by atoms with van der Waals surface area (Å²) in [6.45, 7) is 4.60. The number of hydrogen-bond donors (Lipinski definition) is 1. The van der Waals surface area contributed by atoms with Gasteiger partial charge in [-0.25, -0.2) is 12.7 Å². The first-order chi connectivity index (χ1) is 14.7. The lowest BCUT2D eigenvalue weighted by Gasteiger charge is -2.32. The molecule has 0 aliphatic carbocycles. The predicted octanol–water partition coefficient (Wildman–Crippen LogP) is 4.98. The molecule has 8 heteroatoms. The van der Waals surface area contributed by atoms with Crippen molar-refractivity contribution < 1.29 is 13.2 Å². The number of piperidine rings is 1. The third-order valence-electron chi connectivity index (χ3n) is 5.78. The Morgan fingerprint density at radius 3 is 2.42 bits per heavy atom. The van der Waals surface area contributed by atoms with Crippen molar-refractivity contribution in [3.8, 4) is 0 Å². The SMILES string of the molecule is CCc1ccc([C@H](C)NC(=O)[C@@H]2CCCN(S(=O)(=O)Cc3c(Cl)cccc3Cl)C2)cc1. The second-order valence-corrected chi connectivity index (χ2v) is 10.8. The molecule has 5 nitrogen and oxygen atoms in total. The van der Waals surface area contributed by atoms with Crippen molar-refractivity contribution in [2.45, 2.75) is 44.9 Å². The summed E-state index contributed by atoms with van der Waals surface area (Å²) in [5.74, 6) is -0.787. The third-order valence-corrected chi connectivity index (χ3v) is 8.26. The van der Waals surface area contributed by atoms with Crippen molar-refractivity contribution in [3.05, 3.63) is 69.2 Å². The molecule has 1 saturated heterocycles. The number of carbonyl (C=O) groups excluding carboxylic acids is 1. The van der Waals surface area contributed by atoms with Gasteiger partial charge in [0.25, 0.3) is 0 Å². The number of nitrogens with one attached hydrogen (secondary N) is 1. The Hall–Kier alpha value is -1.60. The fraction of sp³-hybridized carbons (Fsp3) is 0.435. The van der Waals surface area contributed by atoms with Gasteiger partial charge in [0.2, 0.25) is 15.9 Å². The molecule has 1 heterocycles. The van der Waals surface area contributed by atoms with Crippen LogP contribution in [0.1, 0.15) is 49.4 Å². The molecule has 2 aromatic carbocycles. The summed E-state index contributed by atoms with van der Waals surface area (Å²) < 4.78 is 27.4. The van der Waals surface area contributed by atoms with E-state index in [4.69, 9.17) is 23.2 Å². The number of hydrogen-bond acceptors (Lipinski definition) is 3. The van der Waals surface area contributed by atoms with Gasteiger partial charge < -0.3 is 5.32 Å². The van der Waals surface area contributed by atoms with Crippen LogP contribution in [0.2, 0.25) is 10.0 Å². The van der Waals surface area contributed by atoms with Gasteiger partial charge in [-0.3, -0.25) is 4.79 Å². The number of sulfonamides is 1. The second-order valence-electron chi connectivity index (χ2n) is 7.98. The summed E-state index contributed by atoms with van der Waals surface area (Å²) in [7, 11) is -3.65. The van der Waals surface area contributed by atoms with Gasteiger partial charge in [-0.2, -0.15) is 0 Å². The zero-order valence-electron chi connectivity index (χ0n) is 17.8. The van der Waals surface area contributed by atoms with Gasteiger partial charge in [0.1, 0.15) is 0 Å². The van der Waals surface area contributed by atoms with E-state index in [-0.39, 0.29) is 30.2 Å². The van der Waals surface area contributed by atoms with Crippen LogP contribution in [0, 0.1) is 5.92 Å². The summed E-state index contributed by atoms with van der Waals surface area (Å²) in [6, 6.07) is 13.0. The van der Waals surface area contributed by atoms with Crippen molar-refractivity contribution in [3.63, 3.8) is 0 Å². The molecule has 1 aliphatic rings. The maximum atomic E-state index is 13.0. The Bertz CT molecular complexity index is 1010. The zero-order chi connectivity index (χ0) is 22.6. The van der Waals surface area contributed by atoms with E-state index in [1.54, 1.807) is 18.2 Å². The van der Waals surface area contributed by atoms with Crippen LogP contribution in [0.25, 0.3) is 0 Å². The second kappa shape index (κ2) is 10.3.